The van der Waals surface area contributed by atoms with Crippen molar-refractivity contribution >= 4 is 0 Å². The van der Waals surface area contributed by atoms with E-state index in [-0.39, 0.29) is 0 Å². The average Bonchev–Trinajstić information content (AvgIpc) is 2.89. The van der Waals surface area contributed by atoms with Crippen molar-refractivity contribution in [3.8, 4) is 0 Å². The van der Waals surface area contributed by atoms with Gasteiger partial charge in [0.15, 0.2) is 0 Å². The maximum Gasteiger partial charge on any atom is 0.0701 e. The van der Waals surface area contributed by atoms with Gasteiger partial charge in [0, 0.05) is 13.2 Å². The number of nitrogens with one attached hydrogen (secondary N) is 1. The van der Waals surface area contributed by atoms with E-state index in [0.717, 1.165) is 13.0 Å². The number of aryl methyl sites for hydroxylation is 2. The first-order chi connectivity index (χ1) is 9.33. The Hall–Kier alpha value is -0.900. The van der Waals surface area contributed by atoms with Crippen molar-refractivity contribution in [1.29, 1.82) is 0 Å². The summed E-state index contributed by atoms with van der Waals surface area (Å²) in [5.41, 5.74) is 4.50. The Kier molecular flexibility index (Phi) is 5.83. The highest BCUT2D eigenvalue weighted by Crippen LogP contribution is 2.23. The minimum absolute atomic E-state index is 0.372. The first kappa shape index (κ1) is 14.5. The van der Waals surface area contributed by atoms with E-state index < -0.39 is 0 Å². The van der Waals surface area contributed by atoms with E-state index in [9.17, 15) is 0 Å². The Morgan fingerprint density at radius 3 is 2.84 bits per heavy atom. The first-order valence-corrected chi connectivity index (χ1v) is 7.18. The number of fused-ring (bicyclic) bond motifs is 1. The molecule has 0 spiro atoms. The molecule has 1 unspecified atom stereocenters. The Morgan fingerprint density at radius 1 is 1.21 bits per heavy atom. The molecular formula is C16H25NO2. The summed E-state index contributed by atoms with van der Waals surface area (Å²) < 4.78 is 10.6. The molecule has 0 saturated carbocycles. The number of hydrogen-bond donors (Lipinski definition) is 1. The second-order valence-electron chi connectivity index (χ2n) is 5.21. The van der Waals surface area contributed by atoms with Crippen molar-refractivity contribution in [1.82, 2.24) is 5.32 Å². The normalized spacial score (nSPS) is 15.5. The molecule has 1 aromatic carbocycles. The molecule has 0 fully saturated rings. The Bertz CT molecular complexity index is 392. The molecule has 106 valence electrons. The zero-order chi connectivity index (χ0) is 13.5. The fourth-order valence-electron chi connectivity index (χ4n) is 2.65. The van der Waals surface area contributed by atoms with Gasteiger partial charge in [-0.2, -0.15) is 0 Å². The lowest BCUT2D eigenvalue weighted by Crippen LogP contribution is -2.33. The third kappa shape index (κ3) is 4.30. The molecule has 1 aliphatic carbocycles. The third-order valence-electron chi connectivity index (χ3n) is 3.80. The Balaban J connectivity index is 1.84. The van der Waals surface area contributed by atoms with Crippen molar-refractivity contribution < 1.29 is 9.47 Å². The molecule has 3 nitrogen and oxygen atoms in total. The van der Waals surface area contributed by atoms with Crippen LogP contribution < -0.4 is 5.32 Å². The third-order valence-corrected chi connectivity index (χ3v) is 3.80. The van der Waals surface area contributed by atoms with Crippen LogP contribution in [0.4, 0.5) is 0 Å². The molecule has 1 aliphatic rings. The van der Waals surface area contributed by atoms with E-state index in [4.69, 9.17) is 9.47 Å². The molecule has 0 radical (unpaired) electrons. The van der Waals surface area contributed by atoms with Crippen LogP contribution >= 0.6 is 0 Å². The summed E-state index contributed by atoms with van der Waals surface area (Å²) in [6.07, 6.45) is 4.84. The van der Waals surface area contributed by atoms with Gasteiger partial charge in [0.05, 0.1) is 19.8 Å². The van der Waals surface area contributed by atoms with Crippen LogP contribution in [0.2, 0.25) is 0 Å². The van der Waals surface area contributed by atoms with E-state index in [1.165, 1.54) is 24.8 Å². The largest absolute Gasteiger partial charge is 0.382 e. The molecule has 3 heteroatoms. The van der Waals surface area contributed by atoms with Crippen LogP contribution in [0.3, 0.4) is 0 Å². The maximum atomic E-state index is 5.60. The fourth-order valence-corrected chi connectivity index (χ4v) is 2.65. The second-order valence-corrected chi connectivity index (χ2v) is 5.21. The van der Waals surface area contributed by atoms with Crippen molar-refractivity contribution in [2.45, 2.75) is 31.7 Å². The zero-order valence-corrected chi connectivity index (χ0v) is 12.1. The van der Waals surface area contributed by atoms with E-state index in [1.807, 2.05) is 7.05 Å². The number of rotatable bonds is 8. The molecular weight excluding hydrogens is 238 g/mol. The van der Waals surface area contributed by atoms with Gasteiger partial charge in [0.2, 0.25) is 0 Å². The van der Waals surface area contributed by atoms with Gasteiger partial charge in [-0.15, -0.1) is 0 Å². The minimum Gasteiger partial charge on any atom is -0.382 e. The lowest BCUT2D eigenvalue weighted by atomic mass is 10.0. The van der Waals surface area contributed by atoms with Crippen molar-refractivity contribution in [3.05, 3.63) is 34.9 Å². The maximum absolute atomic E-state index is 5.60. The fraction of sp³-hybridized carbons (Fsp3) is 0.625. The number of ether oxygens (including phenoxy) is 2. The van der Waals surface area contributed by atoms with Crippen LogP contribution in [0.1, 0.15) is 23.1 Å². The van der Waals surface area contributed by atoms with Crippen LogP contribution in [0.25, 0.3) is 0 Å². The molecule has 2 rings (SSSR count). The highest BCUT2D eigenvalue weighted by atomic mass is 16.5. The highest BCUT2D eigenvalue weighted by Gasteiger charge is 2.13. The number of methoxy groups -OCH3 is 1. The van der Waals surface area contributed by atoms with Gasteiger partial charge in [-0.25, -0.2) is 0 Å². The predicted octanol–water partition coefficient (Wildman–Crippen LogP) is 1.97. The van der Waals surface area contributed by atoms with Crippen LogP contribution in [-0.4, -0.2) is 40.0 Å². The molecule has 0 heterocycles. The van der Waals surface area contributed by atoms with Gasteiger partial charge in [-0.1, -0.05) is 18.2 Å². The first-order valence-electron chi connectivity index (χ1n) is 7.18. The topological polar surface area (TPSA) is 30.5 Å². The quantitative estimate of drug-likeness (QED) is 0.727. The van der Waals surface area contributed by atoms with Crippen LogP contribution in [0.5, 0.6) is 0 Å². The van der Waals surface area contributed by atoms with E-state index in [1.54, 1.807) is 18.2 Å². The van der Waals surface area contributed by atoms with E-state index in [2.05, 4.69) is 23.5 Å². The highest BCUT2D eigenvalue weighted by molar-refractivity contribution is 5.35. The van der Waals surface area contributed by atoms with Crippen LogP contribution in [0.15, 0.2) is 18.2 Å². The lowest BCUT2D eigenvalue weighted by Gasteiger charge is -2.17. The van der Waals surface area contributed by atoms with Gasteiger partial charge in [0.25, 0.3) is 0 Å². The molecule has 1 atom stereocenters. The van der Waals surface area contributed by atoms with Gasteiger partial charge < -0.3 is 14.8 Å². The summed E-state index contributed by atoms with van der Waals surface area (Å²) in [5.74, 6) is 0. The van der Waals surface area contributed by atoms with Gasteiger partial charge in [-0.3, -0.25) is 0 Å². The molecule has 0 aliphatic heterocycles. The van der Waals surface area contributed by atoms with Crippen molar-refractivity contribution in [3.63, 3.8) is 0 Å². The smallest absolute Gasteiger partial charge is 0.0701 e. The molecule has 0 bridgehead atoms. The van der Waals surface area contributed by atoms with Gasteiger partial charge >= 0.3 is 0 Å². The molecule has 1 N–H and O–H groups in total. The summed E-state index contributed by atoms with van der Waals surface area (Å²) in [5, 5.41) is 3.33. The molecule has 1 aromatic rings. The summed E-state index contributed by atoms with van der Waals surface area (Å²) in [6, 6.07) is 7.32. The van der Waals surface area contributed by atoms with E-state index >= 15 is 0 Å². The number of hydrogen-bond acceptors (Lipinski definition) is 3. The van der Waals surface area contributed by atoms with Crippen molar-refractivity contribution in [2.75, 3.05) is 34.0 Å². The van der Waals surface area contributed by atoms with Gasteiger partial charge in [0.1, 0.15) is 0 Å². The van der Waals surface area contributed by atoms with Crippen LogP contribution in [0, 0.1) is 0 Å². The monoisotopic (exact) mass is 263 g/mol. The number of likely N-dealkylation sites (N-methyl/N-ethyl adjacent to an activating group) is 1. The molecule has 0 amide bonds. The summed E-state index contributed by atoms with van der Waals surface area (Å²) in [4.78, 5) is 0. The Labute approximate surface area is 116 Å². The summed E-state index contributed by atoms with van der Waals surface area (Å²) >= 11 is 0. The lowest BCUT2D eigenvalue weighted by molar-refractivity contribution is 0.0598. The molecule has 0 aromatic heterocycles. The van der Waals surface area contributed by atoms with Gasteiger partial charge in [-0.05, 0) is 49.4 Å². The van der Waals surface area contributed by atoms with E-state index in [0.29, 0.717) is 19.3 Å². The summed E-state index contributed by atoms with van der Waals surface area (Å²) in [6.45, 7) is 2.06. The predicted molar refractivity (Wildman–Crippen MR) is 77.7 cm³/mol. The molecule has 19 heavy (non-hydrogen) atoms. The van der Waals surface area contributed by atoms with Crippen molar-refractivity contribution in [2.24, 2.45) is 0 Å². The zero-order valence-electron chi connectivity index (χ0n) is 12.1. The summed E-state index contributed by atoms with van der Waals surface area (Å²) in [7, 11) is 3.70. The second kappa shape index (κ2) is 7.63. The Morgan fingerprint density at radius 2 is 2.05 bits per heavy atom. The SMILES string of the molecule is CNC(COCCOC)Cc1ccc2c(c1)CCC2. The van der Waals surface area contributed by atoms with Crippen LogP contribution in [-0.2, 0) is 28.7 Å². The minimum atomic E-state index is 0.372. The standard InChI is InChI=1S/C16H25NO2/c1-17-16(12-19-9-8-18-2)11-13-6-7-14-4-3-5-15(14)10-13/h6-7,10,16-17H,3-5,8-9,11-12H2,1-2H3. The number of benzene rings is 1. The average molecular weight is 263 g/mol. The molecule has 0 saturated heterocycles.